The fourth-order valence-corrected chi connectivity index (χ4v) is 8.71. The van der Waals surface area contributed by atoms with Crippen molar-refractivity contribution in [2.24, 2.45) is 11.3 Å². The third-order valence-corrected chi connectivity index (χ3v) is 10.7. The third kappa shape index (κ3) is 3.34. The minimum absolute atomic E-state index is 0.0516. The van der Waals surface area contributed by atoms with E-state index in [0.717, 1.165) is 45.1 Å². The van der Waals surface area contributed by atoms with Crippen LogP contribution in [-0.4, -0.2) is 9.13 Å². The Morgan fingerprint density at radius 1 is 0.660 bits per heavy atom. The summed E-state index contributed by atoms with van der Waals surface area (Å²) in [6.07, 6.45) is 3.38. The summed E-state index contributed by atoms with van der Waals surface area (Å²) in [5, 5.41) is 24.9. The standard InChI is InChI=1S/C43H28N4/c1-43(2)22-26-11-3-4-12-27(26)40-41-32(43)21-38-39(42(40)41)30-15-7-10-18-35(30)47(38)37-20-25(23-44)19-36(31(37)24-45)46-33-16-8-5-13-28(33)29-14-6-9-17-34(29)46/h3-21,41H,22H2,1-2H3. The highest BCUT2D eigenvalue weighted by Crippen LogP contribution is 2.67. The zero-order chi connectivity index (χ0) is 31.6. The van der Waals surface area contributed by atoms with E-state index >= 15 is 0 Å². The zero-order valence-electron chi connectivity index (χ0n) is 26.0. The van der Waals surface area contributed by atoms with Gasteiger partial charge in [-0.15, -0.1) is 0 Å². The van der Waals surface area contributed by atoms with Crippen molar-refractivity contribution in [3.8, 4) is 23.5 Å². The average molecular weight is 601 g/mol. The smallest absolute Gasteiger partial charge is 0.104 e. The van der Waals surface area contributed by atoms with Crippen LogP contribution in [0.4, 0.5) is 0 Å². The van der Waals surface area contributed by atoms with Crippen LogP contribution in [0.2, 0.25) is 0 Å². The number of aromatic nitrogens is 2. The summed E-state index contributed by atoms with van der Waals surface area (Å²) in [5.41, 5.74) is 14.9. The molecule has 3 aliphatic rings. The Hall–Kier alpha value is -6.10. The molecule has 1 atom stereocenters. The lowest BCUT2D eigenvalue weighted by atomic mass is 9.74. The Morgan fingerprint density at radius 3 is 1.89 bits per heavy atom. The molecule has 7 aromatic rings. The molecule has 3 aliphatic carbocycles. The van der Waals surface area contributed by atoms with Crippen LogP contribution in [0.3, 0.4) is 0 Å². The molecular formula is C43H28N4. The van der Waals surface area contributed by atoms with Crippen LogP contribution >= 0.6 is 0 Å². The van der Waals surface area contributed by atoms with Gasteiger partial charge in [0.2, 0.25) is 0 Å². The van der Waals surface area contributed by atoms with Crippen molar-refractivity contribution in [3.05, 3.63) is 148 Å². The average Bonchev–Trinajstić information content (AvgIpc) is 3.63. The molecule has 2 aromatic heterocycles. The molecule has 0 fully saturated rings. The first kappa shape index (κ1) is 26.1. The van der Waals surface area contributed by atoms with Gasteiger partial charge < -0.3 is 9.13 Å². The number of hydrogen-bond donors (Lipinski definition) is 0. The van der Waals surface area contributed by atoms with Crippen molar-refractivity contribution in [1.82, 2.24) is 9.13 Å². The molecule has 4 nitrogen and oxygen atoms in total. The lowest BCUT2D eigenvalue weighted by Gasteiger charge is -2.30. The third-order valence-electron chi connectivity index (χ3n) is 10.7. The van der Waals surface area contributed by atoms with Gasteiger partial charge in [0.05, 0.1) is 45.3 Å². The maximum absolute atomic E-state index is 11.0. The van der Waals surface area contributed by atoms with Crippen LogP contribution in [0, 0.1) is 34.0 Å². The number of hydrogen-bond acceptors (Lipinski definition) is 2. The summed E-state index contributed by atoms with van der Waals surface area (Å²) >= 11 is 0. The molecule has 0 radical (unpaired) electrons. The first-order chi connectivity index (χ1) is 23.0. The highest BCUT2D eigenvalue weighted by atomic mass is 15.0. The second-order valence-corrected chi connectivity index (χ2v) is 13.7. The Morgan fingerprint density at radius 2 is 1.23 bits per heavy atom. The predicted molar refractivity (Wildman–Crippen MR) is 189 cm³/mol. The van der Waals surface area contributed by atoms with E-state index in [9.17, 15) is 10.5 Å². The van der Waals surface area contributed by atoms with Gasteiger partial charge in [0, 0.05) is 27.6 Å². The van der Waals surface area contributed by atoms with E-state index in [1.165, 1.54) is 38.8 Å². The molecule has 0 spiro atoms. The van der Waals surface area contributed by atoms with E-state index in [4.69, 9.17) is 0 Å². The molecule has 2 heterocycles. The summed E-state index contributed by atoms with van der Waals surface area (Å²) in [5.74, 6) is 0.314. The molecule has 0 saturated heterocycles. The Bertz CT molecular complexity index is 2660. The fraction of sp³-hybridized carbons (Fsp3) is 0.116. The maximum atomic E-state index is 11.0. The second kappa shape index (κ2) is 9.00. The van der Waals surface area contributed by atoms with Gasteiger partial charge in [-0.25, -0.2) is 0 Å². The van der Waals surface area contributed by atoms with Crippen LogP contribution in [-0.2, 0) is 6.42 Å². The van der Waals surface area contributed by atoms with Gasteiger partial charge in [0.1, 0.15) is 11.6 Å². The highest BCUT2D eigenvalue weighted by molar-refractivity contribution is 6.21. The van der Waals surface area contributed by atoms with E-state index in [1.54, 1.807) is 0 Å². The van der Waals surface area contributed by atoms with Crippen molar-refractivity contribution >= 4 is 49.9 Å². The molecule has 0 saturated carbocycles. The monoisotopic (exact) mass is 600 g/mol. The van der Waals surface area contributed by atoms with Gasteiger partial charge in [-0.3, -0.25) is 0 Å². The van der Waals surface area contributed by atoms with E-state index in [0.29, 0.717) is 22.7 Å². The molecule has 47 heavy (non-hydrogen) atoms. The molecule has 0 bridgehead atoms. The molecule has 0 amide bonds. The minimum atomic E-state index is -0.0516. The first-order valence-corrected chi connectivity index (χ1v) is 16.2. The molecule has 4 heteroatoms. The number of rotatable bonds is 2. The van der Waals surface area contributed by atoms with Crippen LogP contribution in [0.25, 0.3) is 61.3 Å². The van der Waals surface area contributed by atoms with Crippen molar-refractivity contribution < 1.29 is 0 Å². The summed E-state index contributed by atoms with van der Waals surface area (Å²) in [6.45, 7) is 4.73. The number of nitrogens with zero attached hydrogens (tertiary/aromatic N) is 4. The van der Waals surface area contributed by atoms with E-state index in [2.05, 4.69) is 114 Å². The van der Waals surface area contributed by atoms with E-state index < -0.39 is 0 Å². The van der Waals surface area contributed by atoms with Gasteiger partial charge in [0.15, 0.2) is 0 Å². The van der Waals surface area contributed by atoms with Gasteiger partial charge in [-0.2, -0.15) is 10.5 Å². The lowest BCUT2D eigenvalue weighted by Crippen LogP contribution is -2.21. The second-order valence-electron chi connectivity index (χ2n) is 13.7. The molecule has 0 aliphatic heterocycles. The number of fused-ring (bicyclic) bond motifs is 9. The Kier molecular flexibility index (Phi) is 5.01. The van der Waals surface area contributed by atoms with Gasteiger partial charge in [-0.1, -0.05) is 98.3 Å². The number of benzene rings is 5. The van der Waals surface area contributed by atoms with Crippen LogP contribution in [0.15, 0.2) is 115 Å². The molecular weight excluding hydrogens is 573 g/mol. The molecule has 0 N–H and O–H groups in total. The maximum Gasteiger partial charge on any atom is 0.104 e. The van der Waals surface area contributed by atoms with Gasteiger partial charge >= 0.3 is 0 Å². The van der Waals surface area contributed by atoms with Crippen molar-refractivity contribution in [2.75, 3.05) is 0 Å². The van der Waals surface area contributed by atoms with Crippen molar-refractivity contribution in [2.45, 2.75) is 20.3 Å². The van der Waals surface area contributed by atoms with Crippen LogP contribution < -0.4 is 0 Å². The summed E-state index contributed by atoms with van der Waals surface area (Å²) < 4.78 is 4.41. The van der Waals surface area contributed by atoms with Crippen molar-refractivity contribution in [1.29, 1.82) is 10.5 Å². The summed E-state index contributed by atoms with van der Waals surface area (Å²) in [4.78, 5) is 0. The summed E-state index contributed by atoms with van der Waals surface area (Å²) in [6, 6.07) is 42.8. The quantitative estimate of drug-likeness (QED) is 0.198. The first-order valence-electron chi connectivity index (χ1n) is 16.2. The van der Waals surface area contributed by atoms with E-state index in [1.807, 2.05) is 36.4 Å². The van der Waals surface area contributed by atoms with Crippen molar-refractivity contribution in [3.63, 3.8) is 0 Å². The molecule has 5 aromatic carbocycles. The highest BCUT2D eigenvalue weighted by Gasteiger charge is 2.52. The number of allylic oxidation sites excluding steroid dienone is 3. The fourth-order valence-electron chi connectivity index (χ4n) is 8.71. The van der Waals surface area contributed by atoms with E-state index in [-0.39, 0.29) is 5.41 Å². The van der Waals surface area contributed by atoms with Gasteiger partial charge in [-0.05, 0) is 70.5 Å². The van der Waals surface area contributed by atoms with Gasteiger partial charge in [0.25, 0.3) is 0 Å². The zero-order valence-corrected chi connectivity index (χ0v) is 26.0. The van der Waals surface area contributed by atoms with Crippen LogP contribution in [0.1, 0.15) is 47.4 Å². The molecule has 1 unspecified atom stereocenters. The summed E-state index contributed by atoms with van der Waals surface area (Å²) in [7, 11) is 0. The largest absolute Gasteiger partial charge is 0.308 e. The Labute approximate surface area is 272 Å². The lowest BCUT2D eigenvalue weighted by molar-refractivity contribution is 0.435. The normalized spacial score (nSPS) is 17.0. The topological polar surface area (TPSA) is 57.4 Å². The Balaban J connectivity index is 1.33. The molecule has 10 rings (SSSR count). The number of para-hydroxylation sites is 3. The minimum Gasteiger partial charge on any atom is -0.308 e. The predicted octanol–water partition coefficient (Wildman–Crippen LogP) is 9.99. The molecule has 220 valence electrons. The van der Waals surface area contributed by atoms with Crippen LogP contribution in [0.5, 0.6) is 0 Å². The SMILES string of the molecule is CC1(C)Cc2ccccc2C2=C3c4c(n(-c5cc(C#N)cc(-n6c7ccccc7c7ccccc76)c5C#N)c5ccccc45)C=C1C23. The number of nitriles is 2.